The number of carboxylic acid groups (broad SMARTS) is 1. The summed E-state index contributed by atoms with van der Waals surface area (Å²) in [5, 5.41) is 9.54. The fourth-order valence-electron chi connectivity index (χ4n) is 3.47. The van der Waals surface area contributed by atoms with Crippen LogP contribution in [0.3, 0.4) is 0 Å². The van der Waals surface area contributed by atoms with Crippen molar-refractivity contribution in [3.63, 3.8) is 0 Å². The normalized spacial score (nSPS) is 11.8. The molecule has 3 rings (SSSR count). The van der Waals surface area contributed by atoms with Gasteiger partial charge in [-0.25, -0.2) is 4.79 Å². The summed E-state index contributed by atoms with van der Waals surface area (Å²) in [6.07, 6.45) is 4.12. The zero-order valence-electron chi connectivity index (χ0n) is 16.9. The first-order valence-electron chi connectivity index (χ1n) is 10.3. The predicted octanol–water partition coefficient (Wildman–Crippen LogP) is 6.16. The maximum Gasteiger partial charge on any atom is 0.345 e. The molecule has 0 aliphatic heterocycles. The molecule has 0 spiro atoms. The largest absolute Gasteiger partial charge is 0.478 e. The van der Waals surface area contributed by atoms with Crippen molar-refractivity contribution in [3.05, 3.63) is 90.0 Å². The number of carbonyl (C=O) groups is 1. The lowest BCUT2D eigenvalue weighted by atomic mass is 9.96. The molecule has 3 nitrogen and oxygen atoms in total. The number of carboxylic acids is 1. The first-order chi connectivity index (χ1) is 14.2. The fourth-order valence-corrected chi connectivity index (χ4v) is 3.47. The lowest BCUT2D eigenvalue weighted by molar-refractivity contribution is -0.145. The average Bonchev–Trinajstić information content (AvgIpc) is 2.75. The Balaban J connectivity index is 1.72. The molecular weight excluding hydrogens is 360 g/mol. The highest BCUT2D eigenvalue weighted by molar-refractivity contribution is 5.73. The molecule has 0 bridgehead atoms. The molecule has 0 heterocycles. The third-order valence-electron chi connectivity index (χ3n) is 5.05. The molecule has 0 saturated carbocycles. The predicted molar refractivity (Wildman–Crippen MR) is 117 cm³/mol. The second-order valence-corrected chi connectivity index (χ2v) is 7.27. The fraction of sp³-hybridized carbons (Fsp3) is 0.269. The van der Waals surface area contributed by atoms with Gasteiger partial charge in [0.2, 0.25) is 0 Å². The van der Waals surface area contributed by atoms with Gasteiger partial charge in [0, 0.05) is 6.42 Å². The minimum Gasteiger partial charge on any atom is -0.478 e. The quantitative estimate of drug-likeness (QED) is 0.423. The van der Waals surface area contributed by atoms with Crippen LogP contribution in [0.5, 0.6) is 5.75 Å². The number of unbranched alkanes of at least 4 members (excludes halogenated alkanes) is 2. The summed E-state index contributed by atoms with van der Waals surface area (Å²) < 4.78 is 5.78. The highest BCUT2D eigenvalue weighted by Crippen LogP contribution is 2.27. The van der Waals surface area contributed by atoms with E-state index in [1.807, 2.05) is 54.6 Å². The monoisotopic (exact) mass is 388 g/mol. The Labute approximate surface area is 173 Å². The van der Waals surface area contributed by atoms with Crippen LogP contribution in [0, 0.1) is 0 Å². The van der Waals surface area contributed by atoms with Crippen LogP contribution in [-0.4, -0.2) is 17.2 Å². The van der Waals surface area contributed by atoms with Crippen LogP contribution in [0.25, 0.3) is 11.1 Å². The van der Waals surface area contributed by atoms with Gasteiger partial charge >= 0.3 is 5.97 Å². The van der Waals surface area contributed by atoms with Gasteiger partial charge in [-0.1, -0.05) is 86.5 Å². The van der Waals surface area contributed by atoms with E-state index in [1.54, 1.807) is 0 Å². The van der Waals surface area contributed by atoms with Crippen LogP contribution in [0.15, 0.2) is 78.9 Å². The van der Waals surface area contributed by atoms with Crippen molar-refractivity contribution >= 4 is 5.97 Å². The maximum atomic E-state index is 11.6. The number of hydrogen-bond donors (Lipinski definition) is 1. The molecule has 0 aliphatic rings. The molecule has 1 unspecified atom stereocenters. The summed E-state index contributed by atoms with van der Waals surface area (Å²) in [4.78, 5) is 11.6. The molecule has 0 aromatic heterocycles. The Morgan fingerprint density at radius 3 is 2.28 bits per heavy atom. The molecule has 150 valence electrons. The van der Waals surface area contributed by atoms with E-state index in [2.05, 4.69) is 31.2 Å². The smallest absolute Gasteiger partial charge is 0.345 e. The van der Waals surface area contributed by atoms with E-state index in [1.165, 1.54) is 30.4 Å². The van der Waals surface area contributed by atoms with Gasteiger partial charge in [-0.15, -0.1) is 0 Å². The zero-order valence-corrected chi connectivity index (χ0v) is 16.9. The number of ether oxygens (including phenoxy) is 1. The van der Waals surface area contributed by atoms with Crippen LogP contribution < -0.4 is 4.74 Å². The molecule has 1 N–H and O–H groups in total. The average molecular weight is 389 g/mol. The van der Waals surface area contributed by atoms with Crippen molar-refractivity contribution in [2.24, 2.45) is 0 Å². The standard InChI is InChI=1S/C26H28O3/c1-2-3-5-12-21-13-8-9-14-24(21)22-15-17-23(18-16-22)29-25(26(27)28)19-20-10-6-4-7-11-20/h4,6-11,13-18,25H,2-3,5,12,19H2,1H3,(H,27,28). The summed E-state index contributed by atoms with van der Waals surface area (Å²) in [7, 11) is 0. The summed E-state index contributed by atoms with van der Waals surface area (Å²) in [5.74, 6) is -0.389. The Kier molecular flexibility index (Phi) is 7.46. The van der Waals surface area contributed by atoms with Crippen molar-refractivity contribution in [1.29, 1.82) is 0 Å². The van der Waals surface area contributed by atoms with Crippen LogP contribution in [0.2, 0.25) is 0 Å². The molecule has 1 atom stereocenters. The Morgan fingerprint density at radius 1 is 0.897 bits per heavy atom. The van der Waals surface area contributed by atoms with Gasteiger partial charge in [0.1, 0.15) is 5.75 Å². The van der Waals surface area contributed by atoms with E-state index in [-0.39, 0.29) is 0 Å². The summed E-state index contributed by atoms with van der Waals surface area (Å²) in [6, 6.07) is 25.8. The van der Waals surface area contributed by atoms with Crippen molar-refractivity contribution in [2.75, 3.05) is 0 Å². The summed E-state index contributed by atoms with van der Waals surface area (Å²) in [5.41, 5.74) is 4.65. The van der Waals surface area contributed by atoms with Crippen molar-refractivity contribution in [3.8, 4) is 16.9 Å². The molecule has 0 fully saturated rings. The Hall–Kier alpha value is -3.07. The van der Waals surface area contributed by atoms with Gasteiger partial charge in [-0.05, 0) is 47.2 Å². The zero-order chi connectivity index (χ0) is 20.5. The van der Waals surface area contributed by atoms with Gasteiger partial charge in [-0.3, -0.25) is 0 Å². The minimum absolute atomic E-state index is 0.332. The number of aliphatic carboxylic acids is 1. The second-order valence-electron chi connectivity index (χ2n) is 7.27. The third kappa shape index (κ3) is 5.95. The maximum absolute atomic E-state index is 11.6. The van der Waals surface area contributed by atoms with Gasteiger partial charge in [0.25, 0.3) is 0 Å². The number of rotatable bonds is 10. The molecule has 3 heteroatoms. The second kappa shape index (κ2) is 10.5. The summed E-state index contributed by atoms with van der Waals surface area (Å²) in [6.45, 7) is 2.22. The van der Waals surface area contributed by atoms with E-state index < -0.39 is 12.1 Å². The molecule has 3 aromatic carbocycles. The number of hydrogen-bond acceptors (Lipinski definition) is 2. The van der Waals surface area contributed by atoms with Crippen molar-refractivity contribution in [2.45, 2.75) is 45.1 Å². The molecular formula is C26H28O3. The number of aryl methyl sites for hydroxylation is 1. The van der Waals surface area contributed by atoms with Crippen LogP contribution in [-0.2, 0) is 17.6 Å². The third-order valence-corrected chi connectivity index (χ3v) is 5.05. The van der Waals surface area contributed by atoms with Gasteiger partial charge in [-0.2, -0.15) is 0 Å². The minimum atomic E-state index is -0.959. The first-order valence-corrected chi connectivity index (χ1v) is 10.3. The van der Waals surface area contributed by atoms with Crippen molar-refractivity contribution < 1.29 is 14.6 Å². The summed E-state index contributed by atoms with van der Waals surface area (Å²) >= 11 is 0. The van der Waals surface area contributed by atoms with Crippen LogP contribution in [0.1, 0.15) is 37.3 Å². The number of benzene rings is 3. The van der Waals surface area contributed by atoms with Crippen LogP contribution >= 0.6 is 0 Å². The Morgan fingerprint density at radius 2 is 1.59 bits per heavy atom. The molecule has 0 radical (unpaired) electrons. The lowest BCUT2D eigenvalue weighted by Gasteiger charge is -2.16. The van der Waals surface area contributed by atoms with E-state index in [0.29, 0.717) is 12.2 Å². The first kappa shape index (κ1) is 20.7. The topological polar surface area (TPSA) is 46.5 Å². The van der Waals surface area contributed by atoms with E-state index in [4.69, 9.17) is 4.74 Å². The van der Waals surface area contributed by atoms with E-state index in [9.17, 15) is 9.90 Å². The lowest BCUT2D eigenvalue weighted by Crippen LogP contribution is -2.29. The van der Waals surface area contributed by atoms with Crippen molar-refractivity contribution in [1.82, 2.24) is 0 Å². The Bertz CT molecular complexity index is 901. The molecule has 0 saturated heterocycles. The molecule has 29 heavy (non-hydrogen) atoms. The van der Waals surface area contributed by atoms with E-state index in [0.717, 1.165) is 17.5 Å². The molecule has 3 aromatic rings. The van der Waals surface area contributed by atoms with Gasteiger partial charge in [0.05, 0.1) is 0 Å². The molecule has 0 amide bonds. The SMILES string of the molecule is CCCCCc1ccccc1-c1ccc(OC(Cc2ccccc2)C(=O)O)cc1. The van der Waals surface area contributed by atoms with E-state index >= 15 is 0 Å². The highest BCUT2D eigenvalue weighted by Gasteiger charge is 2.20. The van der Waals surface area contributed by atoms with Gasteiger partial charge < -0.3 is 9.84 Å². The van der Waals surface area contributed by atoms with Crippen LogP contribution in [0.4, 0.5) is 0 Å². The molecule has 0 aliphatic carbocycles. The van der Waals surface area contributed by atoms with Gasteiger partial charge in [0.15, 0.2) is 6.10 Å². The highest BCUT2D eigenvalue weighted by atomic mass is 16.5.